The lowest BCUT2D eigenvalue weighted by molar-refractivity contribution is 0.102. The molecule has 0 spiro atoms. The van der Waals surface area contributed by atoms with E-state index in [1.165, 1.54) is 4.90 Å². The summed E-state index contributed by atoms with van der Waals surface area (Å²) in [5, 5.41) is 12.1. The van der Waals surface area contributed by atoms with Crippen molar-refractivity contribution in [1.82, 2.24) is 0 Å². The van der Waals surface area contributed by atoms with Gasteiger partial charge in [-0.2, -0.15) is 0 Å². The monoisotopic (exact) mass is 390 g/mol. The van der Waals surface area contributed by atoms with Gasteiger partial charge in [-0.25, -0.2) is 4.79 Å². The van der Waals surface area contributed by atoms with Gasteiger partial charge in [0.1, 0.15) is 5.75 Å². The maximum atomic E-state index is 12.9. The van der Waals surface area contributed by atoms with E-state index in [0.29, 0.717) is 23.5 Å². The highest BCUT2D eigenvalue weighted by atomic mass is 16.5. The third-order valence-corrected chi connectivity index (χ3v) is 4.56. The second-order valence-electron chi connectivity index (χ2n) is 6.30. The zero-order valence-electron chi connectivity index (χ0n) is 16.3. The van der Waals surface area contributed by atoms with Gasteiger partial charge in [0, 0.05) is 23.5 Å². The average Bonchev–Trinajstić information content (AvgIpc) is 2.75. The van der Waals surface area contributed by atoms with Crippen molar-refractivity contribution in [2.24, 2.45) is 0 Å². The molecular formula is C23H22N2O4. The lowest BCUT2D eigenvalue weighted by Gasteiger charge is -2.17. The number of methoxy groups -OCH3 is 1. The molecule has 0 aliphatic rings. The number of ether oxygens (including phenoxy) is 1. The fourth-order valence-corrected chi connectivity index (χ4v) is 3.05. The molecule has 6 heteroatoms. The molecule has 0 radical (unpaired) electrons. The second-order valence-corrected chi connectivity index (χ2v) is 6.30. The van der Waals surface area contributed by atoms with Crippen LogP contribution in [0.5, 0.6) is 5.75 Å². The summed E-state index contributed by atoms with van der Waals surface area (Å²) in [5.41, 5.74) is 3.41. The number of carbonyl (C=O) groups excluding carboxylic acids is 1. The summed E-state index contributed by atoms with van der Waals surface area (Å²) in [4.78, 5) is 25.3. The first-order chi connectivity index (χ1) is 14.0. The quantitative estimate of drug-likeness (QED) is 0.612. The van der Waals surface area contributed by atoms with Crippen molar-refractivity contribution in [1.29, 1.82) is 0 Å². The van der Waals surface area contributed by atoms with Crippen molar-refractivity contribution in [2.45, 2.75) is 6.92 Å². The van der Waals surface area contributed by atoms with E-state index in [1.807, 2.05) is 42.5 Å². The molecule has 0 heterocycles. The van der Waals surface area contributed by atoms with Crippen LogP contribution in [0.1, 0.15) is 17.3 Å². The Balaban J connectivity index is 1.82. The highest BCUT2D eigenvalue weighted by Gasteiger charge is 2.14. The normalized spacial score (nSPS) is 10.3. The van der Waals surface area contributed by atoms with Crippen molar-refractivity contribution < 1.29 is 19.4 Å². The molecule has 6 nitrogen and oxygen atoms in total. The number of rotatable bonds is 6. The third kappa shape index (κ3) is 4.55. The molecule has 0 aliphatic carbocycles. The summed E-state index contributed by atoms with van der Waals surface area (Å²) < 4.78 is 5.19. The van der Waals surface area contributed by atoms with Crippen LogP contribution >= 0.6 is 0 Å². The first kappa shape index (κ1) is 19.9. The molecule has 29 heavy (non-hydrogen) atoms. The Morgan fingerprint density at radius 1 is 0.966 bits per heavy atom. The molecule has 0 unspecified atom stereocenters. The lowest BCUT2D eigenvalue weighted by atomic mass is 9.99. The minimum atomic E-state index is -1.02. The van der Waals surface area contributed by atoms with Gasteiger partial charge in [-0.3, -0.25) is 9.69 Å². The first-order valence-corrected chi connectivity index (χ1v) is 9.18. The summed E-state index contributed by atoms with van der Waals surface area (Å²) in [6, 6.07) is 21.6. The van der Waals surface area contributed by atoms with E-state index >= 15 is 0 Å². The van der Waals surface area contributed by atoms with E-state index in [-0.39, 0.29) is 5.91 Å². The molecule has 0 atom stereocenters. The Kier molecular flexibility index (Phi) is 6.14. The Labute approximate surface area is 169 Å². The molecule has 148 valence electrons. The first-order valence-electron chi connectivity index (χ1n) is 9.18. The van der Waals surface area contributed by atoms with Crippen LogP contribution in [-0.4, -0.2) is 30.8 Å². The second kappa shape index (κ2) is 8.93. The number of nitrogens with one attached hydrogen (secondary N) is 1. The van der Waals surface area contributed by atoms with Gasteiger partial charge >= 0.3 is 6.09 Å². The number of anilines is 2. The van der Waals surface area contributed by atoms with Crippen molar-refractivity contribution in [3.05, 3.63) is 78.4 Å². The van der Waals surface area contributed by atoms with Crippen LogP contribution in [0.3, 0.4) is 0 Å². The number of amides is 2. The Bertz CT molecular complexity index is 998. The molecule has 2 amide bonds. The average molecular weight is 390 g/mol. The minimum absolute atomic E-state index is 0.241. The van der Waals surface area contributed by atoms with Gasteiger partial charge in [-0.05, 0) is 60.5 Å². The van der Waals surface area contributed by atoms with Gasteiger partial charge in [-0.15, -0.1) is 0 Å². The smallest absolute Gasteiger partial charge is 0.411 e. The fourth-order valence-electron chi connectivity index (χ4n) is 3.05. The van der Waals surface area contributed by atoms with E-state index in [0.717, 1.165) is 16.9 Å². The van der Waals surface area contributed by atoms with Gasteiger partial charge < -0.3 is 15.2 Å². The van der Waals surface area contributed by atoms with Crippen LogP contribution in [-0.2, 0) is 0 Å². The number of hydrogen-bond donors (Lipinski definition) is 2. The summed E-state index contributed by atoms with van der Waals surface area (Å²) >= 11 is 0. The van der Waals surface area contributed by atoms with E-state index < -0.39 is 6.09 Å². The topological polar surface area (TPSA) is 78.9 Å². The molecule has 3 aromatic rings. The fraction of sp³-hybridized carbons (Fsp3) is 0.130. The molecular weight excluding hydrogens is 368 g/mol. The Morgan fingerprint density at radius 2 is 1.62 bits per heavy atom. The molecule has 0 bridgehead atoms. The molecule has 3 aromatic carbocycles. The van der Waals surface area contributed by atoms with Crippen LogP contribution in [0.4, 0.5) is 16.2 Å². The van der Waals surface area contributed by atoms with E-state index in [1.54, 1.807) is 44.4 Å². The maximum absolute atomic E-state index is 12.9. The number of benzene rings is 3. The summed E-state index contributed by atoms with van der Waals surface area (Å²) in [6.07, 6.45) is -1.02. The predicted octanol–water partition coefficient (Wildman–Crippen LogP) is 5.12. The van der Waals surface area contributed by atoms with E-state index in [9.17, 15) is 14.7 Å². The van der Waals surface area contributed by atoms with Crippen LogP contribution in [0.15, 0.2) is 72.8 Å². The zero-order valence-corrected chi connectivity index (χ0v) is 16.3. The van der Waals surface area contributed by atoms with Crippen molar-refractivity contribution in [2.75, 3.05) is 23.9 Å². The van der Waals surface area contributed by atoms with Gasteiger partial charge in [0.15, 0.2) is 0 Å². The van der Waals surface area contributed by atoms with E-state index in [2.05, 4.69) is 5.32 Å². The minimum Gasteiger partial charge on any atom is -0.497 e. The number of nitrogens with zero attached hydrogens (tertiary/aromatic N) is 1. The van der Waals surface area contributed by atoms with Gasteiger partial charge in [0.25, 0.3) is 5.91 Å². The van der Waals surface area contributed by atoms with Gasteiger partial charge in [-0.1, -0.05) is 30.3 Å². The molecule has 0 saturated carbocycles. The summed E-state index contributed by atoms with van der Waals surface area (Å²) in [5.74, 6) is 0.507. The summed E-state index contributed by atoms with van der Waals surface area (Å²) in [6.45, 7) is 2.11. The van der Waals surface area contributed by atoms with Crippen molar-refractivity contribution in [3.63, 3.8) is 0 Å². The van der Waals surface area contributed by atoms with Crippen LogP contribution in [0.25, 0.3) is 11.1 Å². The molecule has 2 N–H and O–H groups in total. The van der Waals surface area contributed by atoms with Crippen LogP contribution in [0.2, 0.25) is 0 Å². The largest absolute Gasteiger partial charge is 0.497 e. The molecule has 0 fully saturated rings. The van der Waals surface area contributed by atoms with Crippen molar-refractivity contribution >= 4 is 23.4 Å². The van der Waals surface area contributed by atoms with Crippen LogP contribution < -0.4 is 15.0 Å². The van der Waals surface area contributed by atoms with Crippen LogP contribution in [0, 0.1) is 0 Å². The third-order valence-electron chi connectivity index (χ3n) is 4.56. The zero-order chi connectivity index (χ0) is 20.8. The Morgan fingerprint density at radius 3 is 2.21 bits per heavy atom. The number of carbonyl (C=O) groups is 2. The van der Waals surface area contributed by atoms with Gasteiger partial charge in [0.2, 0.25) is 0 Å². The molecule has 0 aliphatic heterocycles. The SMILES string of the molecule is CCN(C(=O)O)c1ccc(NC(=O)c2ccccc2-c2ccc(OC)cc2)cc1. The molecule has 3 rings (SSSR count). The standard InChI is InChI=1S/C23H22N2O4/c1-3-25(23(27)28)18-12-10-17(11-13-18)24-22(26)21-7-5-4-6-20(21)16-8-14-19(29-2)15-9-16/h4-15H,3H2,1-2H3,(H,24,26)(H,27,28). The molecule has 0 saturated heterocycles. The molecule has 0 aromatic heterocycles. The summed E-state index contributed by atoms with van der Waals surface area (Å²) in [7, 11) is 1.61. The highest BCUT2D eigenvalue weighted by molar-refractivity contribution is 6.08. The maximum Gasteiger partial charge on any atom is 0.411 e. The van der Waals surface area contributed by atoms with E-state index in [4.69, 9.17) is 4.74 Å². The van der Waals surface area contributed by atoms with Crippen molar-refractivity contribution in [3.8, 4) is 16.9 Å². The highest BCUT2D eigenvalue weighted by Crippen LogP contribution is 2.27. The predicted molar refractivity (Wildman–Crippen MR) is 114 cm³/mol. The number of hydrogen-bond acceptors (Lipinski definition) is 3. The lowest BCUT2D eigenvalue weighted by Crippen LogP contribution is -2.28. The Hall–Kier alpha value is -3.80. The number of carboxylic acid groups (broad SMARTS) is 1. The van der Waals surface area contributed by atoms with Gasteiger partial charge in [0.05, 0.1) is 7.11 Å².